The largest absolute Gasteiger partial charge is 0.331 e. The molecule has 26 heavy (non-hydrogen) atoms. The molecule has 0 aliphatic rings. The van der Waals surface area contributed by atoms with Crippen molar-refractivity contribution in [2.75, 3.05) is 5.32 Å². The number of fused-ring (bicyclic) bond motifs is 1. The molecule has 0 bridgehead atoms. The van der Waals surface area contributed by atoms with E-state index in [4.69, 9.17) is 0 Å². The Bertz CT molecular complexity index is 1060. The van der Waals surface area contributed by atoms with Crippen molar-refractivity contribution in [3.8, 4) is 0 Å². The Kier molecular flexibility index (Phi) is 5.23. The maximum atomic E-state index is 12.8. The first-order valence-electron chi connectivity index (χ1n) is 8.49. The summed E-state index contributed by atoms with van der Waals surface area (Å²) in [6.07, 6.45) is 2.49. The third kappa shape index (κ3) is 3.55. The third-order valence-electron chi connectivity index (χ3n) is 4.19. The molecule has 0 unspecified atom stereocenters. The first kappa shape index (κ1) is 18.3. The van der Waals surface area contributed by atoms with Crippen LogP contribution in [0.1, 0.15) is 35.0 Å². The van der Waals surface area contributed by atoms with Gasteiger partial charge in [-0.05, 0) is 56.2 Å². The fraction of sp³-hybridized carbons (Fsp3) is 0.250. The number of hydrogen-bond donors (Lipinski definition) is 1. The molecular formula is C20H20BrN3O2. The second-order valence-electron chi connectivity index (χ2n) is 6.31. The van der Waals surface area contributed by atoms with Crippen LogP contribution >= 0.6 is 15.9 Å². The molecule has 1 aromatic carbocycles. The number of carbonyl (C=O) groups is 1. The number of nitrogens with zero attached hydrogens (tertiary/aromatic N) is 2. The van der Waals surface area contributed by atoms with Gasteiger partial charge in [0.1, 0.15) is 11.2 Å². The molecule has 2 aromatic heterocycles. The van der Waals surface area contributed by atoms with Crippen LogP contribution in [0.25, 0.3) is 11.0 Å². The first-order valence-corrected chi connectivity index (χ1v) is 9.28. The van der Waals surface area contributed by atoms with Gasteiger partial charge in [0, 0.05) is 28.6 Å². The number of rotatable bonds is 4. The zero-order valence-corrected chi connectivity index (χ0v) is 16.6. The molecule has 1 N–H and O–H groups in total. The Morgan fingerprint density at radius 1 is 1.23 bits per heavy atom. The van der Waals surface area contributed by atoms with Crippen molar-refractivity contribution in [3.63, 3.8) is 0 Å². The van der Waals surface area contributed by atoms with E-state index in [9.17, 15) is 9.59 Å². The maximum Gasteiger partial charge on any atom is 0.261 e. The topological polar surface area (TPSA) is 64.0 Å². The second kappa shape index (κ2) is 7.41. The van der Waals surface area contributed by atoms with E-state index in [1.807, 2.05) is 37.5 Å². The number of halogens is 1. The number of benzene rings is 1. The van der Waals surface area contributed by atoms with E-state index < -0.39 is 5.91 Å². The van der Waals surface area contributed by atoms with Crippen molar-refractivity contribution in [2.24, 2.45) is 0 Å². The normalized spacial score (nSPS) is 10.9. The van der Waals surface area contributed by atoms with Gasteiger partial charge in [-0.3, -0.25) is 9.59 Å². The minimum absolute atomic E-state index is 0.122. The van der Waals surface area contributed by atoms with Crippen LogP contribution in [0, 0.1) is 13.8 Å². The average molecular weight is 414 g/mol. The zero-order valence-electron chi connectivity index (χ0n) is 15.0. The number of hydrogen-bond acceptors (Lipinski definition) is 3. The predicted molar refractivity (Wildman–Crippen MR) is 108 cm³/mol. The molecule has 0 aliphatic carbocycles. The Morgan fingerprint density at radius 3 is 2.69 bits per heavy atom. The van der Waals surface area contributed by atoms with Gasteiger partial charge in [0.05, 0.1) is 5.39 Å². The molecule has 0 aliphatic heterocycles. The molecule has 0 spiro atoms. The minimum atomic E-state index is -0.413. The number of pyridine rings is 2. The Hall–Kier alpha value is -2.47. The molecule has 0 saturated heterocycles. The summed E-state index contributed by atoms with van der Waals surface area (Å²) in [5, 5.41) is 3.28. The minimum Gasteiger partial charge on any atom is -0.331 e. The SMILES string of the molecule is CCCn1cc(C(=O)Nc2ccc(Br)c(C)c2)c(=O)c2ccc(C)nc21. The lowest BCUT2D eigenvalue weighted by molar-refractivity contribution is 0.102. The molecule has 0 fully saturated rings. The quantitative estimate of drug-likeness (QED) is 0.687. The predicted octanol–water partition coefficient (Wildman–Crippen LogP) is 4.44. The lowest BCUT2D eigenvalue weighted by Crippen LogP contribution is -2.24. The van der Waals surface area contributed by atoms with Gasteiger partial charge in [-0.2, -0.15) is 0 Å². The second-order valence-corrected chi connectivity index (χ2v) is 7.16. The van der Waals surface area contributed by atoms with Crippen molar-refractivity contribution in [1.29, 1.82) is 0 Å². The molecule has 134 valence electrons. The molecule has 6 heteroatoms. The van der Waals surface area contributed by atoms with Crippen LogP contribution in [0.15, 0.2) is 45.8 Å². The van der Waals surface area contributed by atoms with Gasteiger partial charge in [0.15, 0.2) is 0 Å². The van der Waals surface area contributed by atoms with Gasteiger partial charge in [-0.25, -0.2) is 4.98 Å². The Balaban J connectivity index is 2.07. The van der Waals surface area contributed by atoms with E-state index in [1.165, 1.54) is 0 Å². The summed E-state index contributed by atoms with van der Waals surface area (Å²) in [5.74, 6) is -0.413. The van der Waals surface area contributed by atoms with Crippen molar-refractivity contribution < 1.29 is 4.79 Å². The summed E-state index contributed by atoms with van der Waals surface area (Å²) >= 11 is 3.44. The van der Waals surface area contributed by atoms with E-state index in [0.29, 0.717) is 23.3 Å². The molecule has 5 nitrogen and oxygen atoms in total. The van der Waals surface area contributed by atoms with Crippen LogP contribution in [0.4, 0.5) is 5.69 Å². The van der Waals surface area contributed by atoms with E-state index in [1.54, 1.807) is 24.4 Å². The van der Waals surface area contributed by atoms with E-state index in [0.717, 1.165) is 22.2 Å². The third-order valence-corrected chi connectivity index (χ3v) is 5.08. The van der Waals surface area contributed by atoms with Gasteiger partial charge >= 0.3 is 0 Å². The van der Waals surface area contributed by atoms with Gasteiger partial charge < -0.3 is 9.88 Å². The highest BCUT2D eigenvalue weighted by molar-refractivity contribution is 9.10. The highest BCUT2D eigenvalue weighted by atomic mass is 79.9. The molecule has 1 amide bonds. The van der Waals surface area contributed by atoms with Crippen LogP contribution in [0.5, 0.6) is 0 Å². The monoisotopic (exact) mass is 413 g/mol. The summed E-state index contributed by atoms with van der Waals surface area (Å²) in [6.45, 7) is 6.56. The lowest BCUT2D eigenvalue weighted by Gasteiger charge is -2.13. The molecule has 2 heterocycles. The van der Waals surface area contributed by atoms with E-state index in [2.05, 4.69) is 26.2 Å². The van der Waals surface area contributed by atoms with Gasteiger partial charge in [0.25, 0.3) is 5.91 Å². The number of amides is 1. The summed E-state index contributed by atoms with van der Waals surface area (Å²) in [7, 11) is 0. The number of nitrogens with one attached hydrogen (secondary N) is 1. The number of aromatic nitrogens is 2. The van der Waals surface area contributed by atoms with Gasteiger partial charge in [-0.1, -0.05) is 22.9 Å². The Morgan fingerprint density at radius 2 is 2.00 bits per heavy atom. The van der Waals surface area contributed by atoms with Crippen molar-refractivity contribution in [1.82, 2.24) is 9.55 Å². The van der Waals surface area contributed by atoms with Gasteiger partial charge in [-0.15, -0.1) is 0 Å². The lowest BCUT2D eigenvalue weighted by atomic mass is 10.1. The van der Waals surface area contributed by atoms with E-state index >= 15 is 0 Å². The summed E-state index contributed by atoms with van der Waals surface area (Å²) < 4.78 is 2.85. The van der Waals surface area contributed by atoms with Crippen LogP contribution in [0.3, 0.4) is 0 Å². The fourth-order valence-corrected chi connectivity index (χ4v) is 3.10. The van der Waals surface area contributed by atoms with Gasteiger partial charge in [0.2, 0.25) is 5.43 Å². The summed E-state index contributed by atoms with van der Waals surface area (Å²) in [4.78, 5) is 30.1. The molecule has 3 rings (SSSR count). The van der Waals surface area contributed by atoms with Crippen molar-refractivity contribution in [3.05, 3.63) is 68.0 Å². The highest BCUT2D eigenvalue weighted by Crippen LogP contribution is 2.20. The van der Waals surface area contributed by atoms with Crippen LogP contribution in [0.2, 0.25) is 0 Å². The fourth-order valence-electron chi connectivity index (χ4n) is 2.85. The smallest absolute Gasteiger partial charge is 0.261 e. The highest BCUT2D eigenvalue weighted by Gasteiger charge is 2.16. The van der Waals surface area contributed by atoms with Crippen molar-refractivity contribution in [2.45, 2.75) is 33.7 Å². The molecule has 0 radical (unpaired) electrons. The first-order chi connectivity index (χ1) is 12.4. The molecule has 3 aromatic rings. The van der Waals surface area contributed by atoms with Crippen molar-refractivity contribution >= 4 is 38.6 Å². The standard InChI is InChI=1S/C20H20BrN3O2/c1-4-9-24-11-16(18(25)15-7-5-13(3)22-19(15)24)20(26)23-14-6-8-17(21)12(2)10-14/h5-8,10-11H,4,9H2,1-3H3,(H,23,26). The average Bonchev–Trinajstić information content (AvgIpc) is 2.60. The number of carbonyl (C=O) groups excluding carboxylic acids is 1. The number of aryl methyl sites for hydroxylation is 3. The van der Waals surface area contributed by atoms with E-state index in [-0.39, 0.29) is 11.0 Å². The van der Waals surface area contributed by atoms with Crippen LogP contribution < -0.4 is 10.7 Å². The maximum absolute atomic E-state index is 12.8. The molecular weight excluding hydrogens is 394 g/mol. The summed E-state index contributed by atoms with van der Waals surface area (Å²) in [5.41, 5.74) is 2.93. The zero-order chi connectivity index (χ0) is 18.8. The summed E-state index contributed by atoms with van der Waals surface area (Å²) in [6, 6.07) is 9.06. The number of anilines is 1. The van der Waals surface area contributed by atoms with Crippen LogP contribution in [-0.4, -0.2) is 15.5 Å². The molecule has 0 saturated carbocycles. The Labute approximate surface area is 160 Å². The van der Waals surface area contributed by atoms with Crippen LogP contribution in [-0.2, 0) is 6.54 Å². The molecule has 0 atom stereocenters.